The highest BCUT2D eigenvalue weighted by atomic mass is 15.0. The fourth-order valence-corrected chi connectivity index (χ4v) is 0.386. The Hall–Kier alpha value is -0.660. The average Bonchev–Trinajstić information content (AvgIpc) is 1.83. The number of hydrogen-bond donors (Lipinski definition) is 1. The van der Waals surface area contributed by atoms with Crippen LogP contribution in [0, 0.1) is 5.53 Å². The van der Waals surface area contributed by atoms with Crippen LogP contribution in [0.4, 0.5) is 0 Å². The van der Waals surface area contributed by atoms with Gasteiger partial charge in [-0.15, -0.1) is 0 Å². The molecule has 0 aliphatic rings. The maximum Gasteiger partial charge on any atom is 0.0712 e. The van der Waals surface area contributed by atoms with Gasteiger partial charge in [-0.2, -0.15) is 5.11 Å². The van der Waals surface area contributed by atoms with Gasteiger partial charge in [0.2, 0.25) is 0 Å². The number of allylic oxidation sites excluding steroid dienone is 1. The lowest BCUT2D eigenvalue weighted by Gasteiger charge is -1.94. The maximum absolute atomic E-state index is 6.58. The van der Waals surface area contributed by atoms with Crippen molar-refractivity contribution >= 4 is 0 Å². The monoisotopic (exact) mass is 112 g/mol. The molecule has 0 spiro atoms. The molecule has 0 aromatic heterocycles. The summed E-state index contributed by atoms with van der Waals surface area (Å²) in [6.07, 6.45) is 4.88. The Labute approximate surface area is 50.1 Å². The van der Waals surface area contributed by atoms with E-state index in [1.54, 1.807) is 0 Å². The summed E-state index contributed by atoms with van der Waals surface area (Å²) < 4.78 is 0. The van der Waals surface area contributed by atoms with E-state index >= 15 is 0 Å². The first-order valence-corrected chi connectivity index (χ1v) is 2.79. The summed E-state index contributed by atoms with van der Waals surface area (Å²) in [5.74, 6) is 0. The fourth-order valence-electron chi connectivity index (χ4n) is 0.386. The molecule has 0 saturated heterocycles. The highest BCUT2D eigenvalue weighted by molar-refractivity contribution is 4.80. The molecule has 0 aromatic rings. The summed E-state index contributed by atoms with van der Waals surface area (Å²) in [5, 5.41) is 3.32. The van der Waals surface area contributed by atoms with E-state index in [4.69, 9.17) is 5.53 Å². The Morgan fingerprint density at radius 1 is 1.75 bits per heavy atom. The van der Waals surface area contributed by atoms with Gasteiger partial charge in [-0.25, -0.2) is 5.53 Å². The quantitative estimate of drug-likeness (QED) is 0.430. The van der Waals surface area contributed by atoms with Gasteiger partial charge in [0.15, 0.2) is 0 Å². The zero-order valence-corrected chi connectivity index (χ0v) is 5.39. The van der Waals surface area contributed by atoms with Crippen molar-refractivity contribution in [3.63, 3.8) is 0 Å². The van der Waals surface area contributed by atoms with Crippen LogP contribution in [0.1, 0.15) is 20.3 Å². The molecule has 0 saturated carbocycles. The fraction of sp³-hybridized carbons (Fsp3) is 0.667. The van der Waals surface area contributed by atoms with Crippen molar-refractivity contribution in [3.05, 3.63) is 12.2 Å². The number of nitrogens with one attached hydrogen (secondary N) is 1. The molecule has 0 heterocycles. The molecule has 0 aromatic carbocycles. The van der Waals surface area contributed by atoms with Gasteiger partial charge in [-0.1, -0.05) is 12.2 Å². The lowest BCUT2D eigenvalue weighted by molar-refractivity contribution is 0.692. The smallest absolute Gasteiger partial charge is 0.0712 e. The molecule has 1 atom stereocenters. The summed E-state index contributed by atoms with van der Waals surface area (Å²) in [7, 11) is 0. The van der Waals surface area contributed by atoms with E-state index in [0.29, 0.717) is 0 Å². The largest absolute Gasteiger partial charge is 0.210 e. The van der Waals surface area contributed by atoms with Gasteiger partial charge in [0, 0.05) is 0 Å². The minimum atomic E-state index is 0.159. The summed E-state index contributed by atoms with van der Waals surface area (Å²) in [5.41, 5.74) is 6.58. The van der Waals surface area contributed by atoms with Gasteiger partial charge in [-0.05, 0) is 20.3 Å². The van der Waals surface area contributed by atoms with E-state index in [-0.39, 0.29) is 6.04 Å². The van der Waals surface area contributed by atoms with Crippen molar-refractivity contribution < 1.29 is 0 Å². The second kappa shape index (κ2) is 4.50. The van der Waals surface area contributed by atoms with Gasteiger partial charge in [0.1, 0.15) is 0 Å². The van der Waals surface area contributed by atoms with Crippen molar-refractivity contribution in [2.75, 3.05) is 0 Å². The molecule has 0 bridgehead atoms. The van der Waals surface area contributed by atoms with E-state index < -0.39 is 0 Å². The normalized spacial score (nSPS) is 14.2. The van der Waals surface area contributed by atoms with E-state index in [1.165, 1.54) is 0 Å². The Morgan fingerprint density at radius 2 is 2.38 bits per heavy atom. The second-order valence-electron chi connectivity index (χ2n) is 1.78. The van der Waals surface area contributed by atoms with Crippen LogP contribution in [0.2, 0.25) is 0 Å². The van der Waals surface area contributed by atoms with Gasteiger partial charge < -0.3 is 0 Å². The van der Waals surface area contributed by atoms with Crippen LogP contribution < -0.4 is 0 Å². The summed E-state index contributed by atoms with van der Waals surface area (Å²) in [6, 6.07) is 0.159. The van der Waals surface area contributed by atoms with Crippen molar-refractivity contribution in [2.24, 2.45) is 5.11 Å². The first kappa shape index (κ1) is 7.34. The van der Waals surface area contributed by atoms with Crippen LogP contribution in [0.15, 0.2) is 17.3 Å². The molecular formula is C6H12N2. The third kappa shape index (κ3) is 3.53. The van der Waals surface area contributed by atoms with Gasteiger partial charge >= 0.3 is 0 Å². The SMILES string of the molecule is C/C=C/CC(C)N=N. The molecule has 2 nitrogen and oxygen atoms in total. The van der Waals surface area contributed by atoms with E-state index in [2.05, 4.69) is 5.11 Å². The molecule has 0 aliphatic carbocycles. The molecule has 1 unspecified atom stereocenters. The van der Waals surface area contributed by atoms with Crippen molar-refractivity contribution in [2.45, 2.75) is 26.3 Å². The third-order valence-electron chi connectivity index (χ3n) is 0.933. The van der Waals surface area contributed by atoms with Crippen molar-refractivity contribution in [3.8, 4) is 0 Å². The predicted molar refractivity (Wildman–Crippen MR) is 34.0 cm³/mol. The molecule has 0 radical (unpaired) electrons. The molecule has 0 amide bonds. The van der Waals surface area contributed by atoms with Gasteiger partial charge in [0.05, 0.1) is 6.04 Å². The van der Waals surface area contributed by atoms with Gasteiger partial charge in [-0.3, -0.25) is 0 Å². The number of rotatable bonds is 3. The van der Waals surface area contributed by atoms with Crippen molar-refractivity contribution in [1.29, 1.82) is 5.53 Å². The molecular weight excluding hydrogens is 100 g/mol. The minimum absolute atomic E-state index is 0.159. The summed E-state index contributed by atoms with van der Waals surface area (Å²) in [6.45, 7) is 3.89. The molecule has 46 valence electrons. The van der Waals surface area contributed by atoms with E-state index in [1.807, 2.05) is 26.0 Å². The standard InChI is InChI=1S/C6H12N2/c1-3-4-5-6(2)8-7/h3-4,6-7H,5H2,1-2H3/b4-3+,8-7?. The van der Waals surface area contributed by atoms with Crippen molar-refractivity contribution in [1.82, 2.24) is 0 Å². The molecule has 0 rings (SSSR count). The Kier molecular flexibility index (Phi) is 4.13. The minimum Gasteiger partial charge on any atom is -0.210 e. The third-order valence-corrected chi connectivity index (χ3v) is 0.933. The second-order valence-corrected chi connectivity index (χ2v) is 1.78. The Morgan fingerprint density at radius 3 is 2.75 bits per heavy atom. The first-order valence-electron chi connectivity index (χ1n) is 2.79. The predicted octanol–water partition coefficient (Wildman–Crippen LogP) is 2.37. The van der Waals surface area contributed by atoms with Crippen LogP contribution in [0.5, 0.6) is 0 Å². The Bertz CT molecular complexity index is 86.5. The maximum atomic E-state index is 6.58. The molecule has 0 fully saturated rings. The van der Waals surface area contributed by atoms with Crippen LogP contribution in [0.25, 0.3) is 0 Å². The molecule has 1 N–H and O–H groups in total. The topological polar surface area (TPSA) is 36.2 Å². The van der Waals surface area contributed by atoms with E-state index in [0.717, 1.165) is 6.42 Å². The molecule has 8 heavy (non-hydrogen) atoms. The number of hydrogen-bond acceptors (Lipinski definition) is 2. The summed E-state index contributed by atoms with van der Waals surface area (Å²) >= 11 is 0. The van der Waals surface area contributed by atoms with Crippen LogP contribution >= 0.6 is 0 Å². The average molecular weight is 112 g/mol. The lowest BCUT2D eigenvalue weighted by atomic mass is 10.2. The molecule has 0 aliphatic heterocycles. The van der Waals surface area contributed by atoms with Crippen LogP contribution in [0.3, 0.4) is 0 Å². The Balaban J connectivity index is 3.23. The highest BCUT2D eigenvalue weighted by Gasteiger charge is 1.90. The summed E-state index contributed by atoms with van der Waals surface area (Å²) in [4.78, 5) is 0. The number of nitrogens with zero attached hydrogens (tertiary/aromatic N) is 1. The van der Waals surface area contributed by atoms with E-state index in [9.17, 15) is 0 Å². The van der Waals surface area contributed by atoms with Gasteiger partial charge in [0.25, 0.3) is 0 Å². The first-order chi connectivity index (χ1) is 3.81. The van der Waals surface area contributed by atoms with Crippen LogP contribution in [-0.2, 0) is 0 Å². The van der Waals surface area contributed by atoms with Crippen LogP contribution in [-0.4, -0.2) is 6.04 Å². The highest BCUT2D eigenvalue weighted by Crippen LogP contribution is 1.95. The zero-order valence-electron chi connectivity index (χ0n) is 5.39. The lowest BCUT2D eigenvalue weighted by Crippen LogP contribution is -1.91. The molecule has 2 heteroatoms. The zero-order chi connectivity index (χ0) is 6.41.